The van der Waals surface area contributed by atoms with E-state index in [0.717, 1.165) is 5.56 Å². The Morgan fingerprint density at radius 2 is 1.92 bits per heavy atom. The minimum Gasteiger partial charge on any atom is -0.342 e. The summed E-state index contributed by atoms with van der Waals surface area (Å²) in [5, 5.41) is 8.24. The van der Waals surface area contributed by atoms with Gasteiger partial charge >= 0.3 is 0 Å². The fraction of sp³-hybridized carbons (Fsp3) is 0.158. The molecule has 2 heterocycles. The lowest BCUT2D eigenvalue weighted by atomic mass is 10.1. The van der Waals surface area contributed by atoms with Crippen LogP contribution in [0.25, 0.3) is 28.1 Å². The molecule has 1 N–H and O–H groups in total. The van der Waals surface area contributed by atoms with E-state index in [0.29, 0.717) is 29.0 Å². The van der Waals surface area contributed by atoms with Gasteiger partial charge in [0.2, 0.25) is 5.65 Å². The molecule has 0 saturated carbocycles. The normalized spacial score (nSPS) is 11.2. The van der Waals surface area contributed by atoms with Crippen molar-refractivity contribution < 1.29 is 4.79 Å². The maximum Gasteiger partial charge on any atom is 0.294 e. The Balaban J connectivity index is 2.04. The first-order valence-corrected chi connectivity index (χ1v) is 8.32. The molecule has 4 rings (SSSR count). The minimum absolute atomic E-state index is 0.0805. The van der Waals surface area contributed by atoms with Gasteiger partial charge in [-0.1, -0.05) is 30.3 Å². The van der Waals surface area contributed by atoms with Crippen LogP contribution in [0.4, 0.5) is 0 Å². The molecule has 7 nitrogen and oxygen atoms in total. The highest BCUT2D eigenvalue weighted by atomic mass is 16.2. The topological polar surface area (TPSA) is 83.4 Å². The van der Waals surface area contributed by atoms with Crippen LogP contribution in [0.5, 0.6) is 0 Å². The summed E-state index contributed by atoms with van der Waals surface area (Å²) in [5.74, 6) is 0.480. The van der Waals surface area contributed by atoms with Crippen molar-refractivity contribution in [2.75, 3.05) is 13.6 Å². The summed E-state index contributed by atoms with van der Waals surface area (Å²) < 4.78 is 1.70. The summed E-state index contributed by atoms with van der Waals surface area (Å²) in [6, 6.07) is 14.7. The van der Waals surface area contributed by atoms with Gasteiger partial charge in [-0.2, -0.15) is 0 Å². The van der Waals surface area contributed by atoms with Crippen LogP contribution in [0.3, 0.4) is 0 Å². The van der Waals surface area contributed by atoms with Gasteiger partial charge in [0.05, 0.1) is 11.0 Å². The lowest BCUT2D eigenvalue weighted by Gasteiger charge is -2.15. The number of carbonyl (C=O) groups excluding carboxylic acids is 1. The molecule has 0 unspecified atom stereocenters. The van der Waals surface area contributed by atoms with E-state index in [-0.39, 0.29) is 17.1 Å². The summed E-state index contributed by atoms with van der Waals surface area (Å²) in [5.41, 5.74) is 2.56. The van der Waals surface area contributed by atoms with Gasteiger partial charge in [0, 0.05) is 24.7 Å². The highest BCUT2D eigenvalue weighted by Crippen LogP contribution is 2.22. The number of carbonyl (C=O) groups is 1. The zero-order valence-electron chi connectivity index (χ0n) is 14.4. The Hall–Kier alpha value is -3.48. The SMILES string of the molecule is CCN(C)C(=O)c1ccc2[nH]c(=O)c3nnc(-c4ccccc4)n3c2c1. The first-order valence-electron chi connectivity index (χ1n) is 8.32. The third-order valence-corrected chi connectivity index (χ3v) is 4.45. The largest absolute Gasteiger partial charge is 0.342 e. The molecule has 1 amide bonds. The van der Waals surface area contributed by atoms with Crippen LogP contribution < -0.4 is 5.56 Å². The second-order valence-electron chi connectivity index (χ2n) is 6.05. The van der Waals surface area contributed by atoms with Gasteiger partial charge < -0.3 is 9.88 Å². The van der Waals surface area contributed by atoms with E-state index in [2.05, 4.69) is 15.2 Å². The molecule has 4 aromatic rings. The van der Waals surface area contributed by atoms with Gasteiger partial charge in [0.15, 0.2) is 5.82 Å². The molecule has 0 atom stereocenters. The number of aromatic amines is 1. The van der Waals surface area contributed by atoms with Gasteiger partial charge in [-0.25, -0.2) is 0 Å². The molecule has 130 valence electrons. The fourth-order valence-corrected chi connectivity index (χ4v) is 2.93. The van der Waals surface area contributed by atoms with Crippen LogP contribution >= 0.6 is 0 Å². The van der Waals surface area contributed by atoms with Gasteiger partial charge in [-0.05, 0) is 25.1 Å². The van der Waals surface area contributed by atoms with Crippen LogP contribution in [0.2, 0.25) is 0 Å². The standard InChI is InChI=1S/C19H17N5O2/c1-3-23(2)19(26)13-9-10-14-15(11-13)24-16(12-7-5-4-6-8-12)21-22-17(24)18(25)20-14/h4-11H,3H2,1-2H3,(H,20,25). The maximum absolute atomic E-state index is 12.5. The molecule has 0 spiro atoms. The molecule has 2 aromatic carbocycles. The van der Waals surface area contributed by atoms with E-state index in [1.165, 1.54) is 0 Å². The average molecular weight is 347 g/mol. The van der Waals surface area contributed by atoms with Gasteiger partial charge in [-0.15, -0.1) is 10.2 Å². The van der Waals surface area contributed by atoms with Crippen LogP contribution in [-0.2, 0) is 0 Å². The second-order valence-corrected chi connectivity index (χ2v) is 6.05. The second kappa shape index (κ2) is 6.11. The van der Waals surface area contributed by atoms with Crippen molar-refractivity contribution in [2.45, 2.75) is 6.92 Å². The highest BCUT2D eigenvalue weighted by Gasteiger charge is 2.16. The molecule has 26 heavy (non-hydrogen) atoms. The van der Waals surface area contributed by atoms with Gasteiger partial charge in [-0.3, -0.25) is 14.0 Å². The monoisotopic (exact) mass is 347 g/mol. The number of rotatable bonds is 3. The molecular formula is C19H17N5O2. The molecular weight excluding hydrogens is 330 g/mol. The predicted octanol–water partition coefficient (Wildman–Crippen LogP) is 2.33. The van der Waals surface area contributed by atoms with Crippen LogP contribution in [-0.4, -0.2) is 44.0 Å². The van der Waals surface area contributed by atoms with E-state index in [9.17, 15) is 9.59 Å². The zero-order chi connectivity index (χ0) is 18.3. The molecule has 0 aliphatic rings. The number of hydrogen-bond acceptors (Lipinski definition) is 4. The molecule has 2 aromatic heterocycles. The number of aromatic nitrogens is 4. The van der Waals surface area contributed by atoms with E-state index in [1.54, 1.807) is 34.5 Å². The third kappa shape index (κ3) is 2.45. The Labute approximate surface area is 148 Å². The van der Waals surface area contributed by atoms with Crippen molar-refractivity contribution in [3.8, 4) is 11.4 Å². The number of nitrogens with zero attached hydrogens (tertiary/aromatic N) is 4. The summed E-state index contributed by atoms with van der Waals surface area (Å²) in [7, 11) is 1.75. The highest BCUT2D eigenvalue weighted by molar-refractivity contribution is 5.97. The summed E-state index contributed by atoms with van der Waals surface area (Å²) in [4.78, 5) is 29.3. The minimum atomic E-state index is -0.322. The molecule has 0 bridgehead atoms. The Morgan fingerprint density at radius 3 is 2.65 bits per heavy atom. The number of H-pyrrole nitrogens is 1. The van der Waals surface area contributed by atoms with Crippen molar-refractivity contribution in [1.29, 1.82) is 0 Å². The number of nitrogens with one attached hydrogen (secondary N) is 1. The molecule has 0 aliphatic carbocycles. The Bertz CT molecular complexity index is 1180. The number of fused-ring (bicyclic) bond motifs is 3. The van der Waals surface area contributed by atoms with Gasteiger partial charge in [0.25, 0.3) is 11.5 Å². The molecule has 0 aliphatic heterocycles. The number of benzene rings is 2. The van der Waals surface area contributed by atoms with E-state index in [1.807, 2.05) is 37.3 Å². The first-order chi connectivity index (χ1) is 12.6. The Morgan fingerprint density at radius 1 is 1.15 bits per heavy atom. The molecule has 0 fully saturated rings. The predicted molar refractivity (Wildman–Crippen MR) is 99.2 cm³/mol. The smallest absolute Gasteiger partial charge is 0.294 e. The quantitative estimate of drug-likeness (QED) is 0.616. The molecule has 0 radical (unpaired) electrons. The van der Waals surface area contributed by atoms with Crippen molar-refractivity contribution in [1.82, 2.24) is 24.5 Å². The lowest BCUT2D eigenvalue weighted by Crippen LogP contribution is -2.26. The summed E-state index contributed by atoms with van der Waals surface area (Å²) in [6.07, 6.45) is 0. The molecule has 7 heteroatoms. The molecule has 0 saturated heterocycles. The Kier molecular flexibility index (Phi) is 3.76. The maximum atomic E-state index is 12.5. The van der Waals surface area contributed by atoms with E-state index >= 15 is 0 Å². The van der Waals surface area contributed by atoms with Crippen molar-refractivity contribution >= 4 is 22.6 Å². The zero-order valence-corrected chi connectivity index (χ0v) is 14.4. The van der Waals surface area contributed by atoms with Crippen LogP contribution in [0.1, 0.15) is 17.3 Å². The number of amides is 1. The van der Waals surface area contributed by atoms with Crippen molar-refractivity contribution in [3.63, 3.8) is 0 Å². The van der Waals surface area contributed by atoms with Gasteiger partial charge in [0.1, 0.15) is 0 Å². The fourth-order valence-electron chi connectivity index (χ4n) is 2.93. The van der Waals surface area contributed by atoms with Crippen LogP contribution in [0.15, 0.2) is 53.3 Å². The average Bonchev–Trinajstić information content (AvgIpc) is 3.13. The first kappa shape index (κ1) is 16.0. The van der Waals surface area contributed by atoms with Crippen LogP contribution in [0, 0.1) is 0 Å². The van der Waals surface area contributed by atoms with Crippen molar-refractivity contribution in [2.24, 2.45) is 0 Å². The number of hydrogen-bond donors (Lipinski definition) is 1. The summed E-state index contributed by atoms with van der Waals surface area (Å²) >= 11 is 0. The third-order valence-electron chi connectivity index (χ3n) is 4.45. The van der Waals surface area contributed by atoms with Crippen molar-refractivity contribution in [3.05, 3.63) is 64.4 Å². The van der Waals surface area contributed by atoms with E-state index < -0.39 is 0 Å². The van der Waals surface area contributed by atoms with E-state index in [4.69, 9.17) is 0 Å². The summed E-state index contributed by atoms with van der Waals surface area (Å²) in [6.45, 7) is 2.53. The lowest BCUT2D eigenvalue weighted by molar-refractivity contribution is 0.0802.